The van der Waals surface area contributed by atoms with Crippen LogP contribution >= 0.6 is 24.0 Å². The quantitative estimate of drug-likeness (QED) is 0.168. The predicted molar refractivity (Wildman–Crippen MR) is 116 cm³/mol. The highest BCUT2D eigenvalue weighted by Crippen LogP contribution is 2.12. The van der Waals surface area contributed by atoms with Crippen molar-refractivity contribution in [2.45, 2.75) is 45.6 Å². The molecule has 0 amide bonds. The van der Waals surface area contributed by atoms with Crippen molar-refractivity contribution in [3.8, 4) is 5.75 Å². The number of methoxy groups -OCH3 is 1. The first-order chi connectivity index (χ1) is 12.2. The van der Waals surface area contributed by atoms with Gasteiger partial charge in [-0.25, -0.2) is 0 Å². The summed E-state index contributed by atoms with van der Waals surface area (Å²) in [5.41, 5.74) is 1.14. The predicted octanol–water partition coefficient (Wildman–Crippen LogP) is 3.49. The number of nitrogens with zero attached hydrogens (tertiary/aromatic N) is 1. The lowest BCUT2D eigenvalue weighted by Crippen LogP contribution is -2.37. The number of benzene rings is 1. The summed E-state index contributed by atoms with van der Waals surface area (Å²) in [6.45, 7) is 3.84. The number of ether oxygens (including phenoxy) is 2. The Bertz CT molecular complexity index is 539. The van der Waals surface area contributed by atoms with Crippen molar-refractivity contribution >= 4 is 35.9 Å². The van der Waals surface area contributed by atoms with Gasteiger partial charge in [0.1, 0.15) is 5.75 Å². The van der Waals surface area contributed by atoms with E-state index in [1.165, 1.54) is 0 Å². The number of unbranched alkanes of at least 4 members (excludes halogenated alkanes) is 3. The standard InChI is InChI=1S/C19H31N3O3.HI/c1-4-25-18(23)12-7-5-6-8-13-21-19(20-2)22-15-16-10-9-11-17(14-16)24-3;/h9-11,14H,4-8,12-13,15H2,1-3H3,(H2,20,21,22);1H. The number of esters is 1. The molecule has 1 aromatic rings. The fraction of sp³-hybridized carbons (Fsp3) is 0.579. The van der Waals surface area contributed by atoms with Crippen LogP contribution in [0.4, 0.5) is 0 Å². The van der Waals surface area contributed by atoms with Crippen LogP contribution in [-0.4, -0.2) is 39.2 Å². The summed E-state index contributed by atoms with van der Waals surface area (Å²) in [5.74, 6) is 1.54. The van der Waals surface area contributed by atoms with Gasteiger partial charge in [-0.2, -0.15) is 0 Å². The SMILES string of the molecule is CCOC(=O)CCCCCCNC(=NC)NCc1cccc(OC)c1.I. The molecule has 0 saturated heterocycles. The first-order valence-corrected chi connectivity index (χ1v) is 8.92. The minimum absolute atomic E-state index is 0. The van der Waals surface area contributed by atoms with E-state index in [1.54, 1.807) is 14.2 Å². The third-order valence-corrected chi connectivity index (χ3v) is 3.72. The van der Waals surface area contributed by atoms with E-state index in [2.05, 4.69) is 15.6 Å². The molecule has 0 aliphatic rings. The zero-order valence-electron chi connectivity index (χ0n) is 16.0. The normalized spacial score (nSPS) is 10.7. The first-order valence-electron chi connectivity index (χ1n) is 8.92. The number of halogens is 1. The molecule has 148 valence electrons. The van der Waals surface area contributed by atoms with E-state index in [4.69, 9.17) is 9.47 Å². The lowest BCUT2D eigenvalue weighted by atomic mass is 10.1. The van der Waals surface area contributed by atoms with Gasteiger partial charge in [-0.1, -0.05) is 25.0 Å². The minimum atomic E-state index is -0.0947. The molecule has 0 aliphatic heterocycles. The Hall–Kier alpha value is -1.51. The summed E-state index contributed by atoms with van der Waals surface area (Å²) >= 11 is 0. The van der Waals surface area contributed by atoms with Gasteiger partial charge < -0.3 is 20.1 Å². The third-order valence-electron chi connectivity index (χ3n) is 3.72. The maximum atomic E-state index is 11.2. The van der Waals surface area contributed by atoms with Crippen LogP contribution in [0.5, 0.6) is 5.75 Å². The fourth-order valence-electron chi connectivity index (χ4n) is 2.38. The Labute approximate surface area is 174 Å². The molecule has 1 rings (SSSR count). The van der Waals surface area contributed by atoms with Crippen molar-refractivity contribution in [1.82, 2.24) is 10.6 Å². The molecular weight excluding hydrogens is 445 g/mol. The largest absolute Gasteiger partial charge is 0.497 e. The van der Waals surface area contributed by atoms with Crippen LogP contribution in [0.2, 0.25) is 0 Å². The maximum absolute atomic E-state index is 11.2. The van der Waals surface area contributed by atoms with Gasteiger partial charge in [0.15, 0.2) is 5.96 Å². The second kappa shape index (κ2) is 15.7. The molecule has 0 radical (unpaired) electrons. The van der Waals surface area contributed by atoms with Crippen LogP contribution in [0.15, 0.2) is 29.3 Å². The van der Waals surface area contributed by atoms with Crippen LogP contribution in [-0.2, 0) is 16.1 Å². The van der Waals surface area contributed by atoms with Gasteiger partial charge in [0.2, 0.25) is 0 Å². The van der Waals surface area contributed by atoms with E-state index in [0.29, 0.717) is 19.6 Å². The number of carbonyl (C=O) groups excluding carboxylic acids is 1. The molecule has 0 spiro atoms. The minimum Gasteiger partial charge on any atom is -0.497 e. The summed E-state index contributed by atoms with van der Waals surface area (Å²) in [6.07, 6.45) is 4.57. The van der Waals surface area contributed by atoms with Crippen molar-refractivity contribution in [2.24, 2.45) is 4.99 Å². The van der Waals surface area contributed by atoms with Gasteiger partial charge in [-0.15, -0.1) is 24.0 Å². The van der Waals surface area contributed by atoms with Gasteiger partial charge >= 0.3 is 5.97 Å². The van der Waals surface area contributed by atoms with Gasteiger partial charge in [0, 0.05) is 26.6 Å². The van der Waals surface area contributed by atoms with Crippen LogP contribution < -0.4 is 15.4 Å². The lowest BCUT2D eigenvalue weighted by Gasteiger charge is -2.12. The zero-order valence-corrected chi connectivity index (χ0v) is 18.4. The van der Waals surface area contributed by atoms with Crippen molar-refractivity contribution in [1.29, 1.82) is 0 Å². The van der Waals surface area contributed by atoms with Crippen LogP contribution in [0.25, 0.3) is 0 Å². The molecule has 0 bridgehead atoms. The summed E-state index contributed by atoms with van der Waals surface area (Å²) in [6, 6.07) is 7.96. The molecular formula is C19H32IN3O3. The summed E-state index contributed by atoms with van der Waals surface area (Å²) in [5, 5.41) is 6.59. The number of hydrogen-bond acceptors (Lipinski definition) is 4. The van der Waals surface area contributed by atoms with Gasteiger partial charge in [-0.05, 0) is 37.5 Å². The first kappa shape index (κ1) is 24.5. The van der Waals surface area contributed by atoms with E-state index in [9.17, 15) is 4.79 Å². The molecule has 0 fully saturated rings. The number of aliphatic imine (C=N–C) groups is 1. The number of guanidine groups is 1. The van der Waals surface area contributed by atoms with Crippen LogP contribution in [0.3, 0.4) is 0 Å². The van der Waals surface area contributed by atoms with E-state index in [-0.39, 0.29) is 29.9 Å². The Balaban J connectivity index is 0.00000625. The highest BCUT2D eigenvalue weighted by molar-refractivity contribution is 14.0. The number of rotatable bonds is 11. The molecule has 0 aromatic heterocycles. The fourth-order valence-corrected chi connectivity index (χ4v) is 2.38. The molecule has 26 heavy (non-hydrogen) atoms. The molecule has 0 unspecified atom stereocenters. The molecule has 2 N–H and O–H groups in total. The molecule has 0 heterocycles. The van der Waals surface area contributed by atoms with E-state index in [0.717, 1.165) is 49.5 Å². The monoisotopic (exact) mass is 477 g/mol. The van der Waals surface area contributed by atoms with Gasteiger partial charge in [0.25, 0.3) is 0 Å². The van der Waals surface area contributed by atoms with E-state index < -0.39 is 0 Å². The summed E-state index contributed by atoms with van der Waals surface area (Å²) in [4.78, 5) is 15.4. The third kappa shape index (κ3) is 11.2. The molecule has 0 aliphatic carbocycles. The van der Waals surface area contributed by atoms with Crippen LogP contribution in [0, 0.1) is 0 Å². The highest BCUT2D eigenvalue weighted by atomic mass is 127. The molecule has 6 nitrogen and oxygen atoms in total. The Morgan fingerprint density at radius 2 is 1.92 bits per heavy atom. The highest BCUT2D eigenvalue weighted by Gasteiger charge is 2.02. The van der Waals surface area contributed by atoms with Crippen molar-refractivity contribution in [3.63, 3.8) is 0 Å². The van der Waals surface area contributed by atoms with E-state index >= 15 is 0 Å². The Kier molecular flexibility index (Phi) is 14.8. The molecule has 0 atom stereocenters. The zero-order chi connectivity index (χ0) is 18.3. The maximum Gasteiger partial charge on any atom is 0.305 e. The summed E-state index contributed by atoms with van der Waals surface area (Å²) < 4.78 is 10.1. The summed E-state index contributed by atoms with van der Waals surface area (Å²) in [7, 11) is 3.43. The second-order valence-electron chi connectivity index (χ2n) is 5.67. The van der Waals surface area contributed by atoms with Gasteiger partial charge in [-0.3, -0.25) is 9.79 Å². The van der Waals surface area contributed by atoms with Gasteiger partial charge in [0.05, 0.1) is 13.7 Å². The number of carbonyl (C=O) groups is 1. The van der Waals surface area contributed by atoms with Crippen molar-refractivity contribution in [3.05, 3.63) is 29.8 Å². The number of hydrogen-bond donors (Lipinski definition) is 2. The Morgan fingerprint density at radius 1 is 1.15 bits per heavy atom. The van der Waals surface area contributed by atoms with Crippen LogP contribution in [0.1, 0.15) is 44.6 Å². The molecule has 7 heteroatoms. The second-order valence-corrected chi connectivity index (χ2v) is 5.67. The molecule has 1 aromatic carbocycles. The van der Waals surface area contributed by atoms with E-state index in [1.807, 2.05) is 31.2 Å². The topological polar surface area (TPSA) is 72.0 Å². The van der Waals surface area contributed by atoms with Crippen molar-refractivity contribution in [2.75, 3.05) is 27.3 Å². The average Bonchev–Trinajstić information content (AvgIpc) is 2.63. The molecule has 0 saturated carbocycles. The average molecular weight is 477 g/mol. The van der Waals surface area contributed by atoms with Crippen molar-refractivity contribution < 1.29 is 14.3 Å². The Morgan fingerprint density at radius 3 is 2.62 bits per heavy atom. The smallest absolute Gasteiger partial charge is 0.305 e. The number of nitrogens with one attached hydrogen (secondary N) is 2. The lowest BCUT2D eigenvalue weighted by molar-refractivity contribution is -0.143.